The van der Waals surface area contributed by atoms with Gasteiger partial charge < -0.3 is 10.6 Å². The molecule has 126 valence electrons. The molecule has 1 unspecified atom stereocenters. The molecule has 0 spiro atoms. The second-order valence-corrected chi connectivity index (χ2v) is 6.92. The number of hydrogen-bond donors (Lipinski definition) is 2. The lowest BCUT2D eigenvalue weighted by molar-refractivity contribution is -0.126. The van der Waals surface area contributed by atoms with Crippen molar-refractivity contribution < 1.29 is 4.79 Å². The Morgan fingerprint density at radius 3 is 2.62 bits per heavy atom. The van der Waals surface area contributed by atoms with Crippen molar-refractivity contribution in [2.75, 3.05) is 6.54 Å². The van der Waals surface area contributed by atoms with Crippen molar-refractivity contribution in [1.29, 1.82) is 0 Å². The Labute approximate surface area is 148 Å². The third kappa shape index (κ3) is 4.16. The highest BCUT2D eigenvalue weighted by molar-refractivity contribution is 6.30. The van der Waals surface area contributed by atoms with Crippen molar-refractivity contribution in [3.8, 4) is 0 Å². The van der Waals surface area contributed by atoms with E-state index >= 15 is 0 Å². The molecule has 0 bridgehead atoms. The Morgan fingerprint density at radius 2 is 1.92 bits per heavy atom. The van der Waals surface area contributed by atoms with Crippen LogP contribution in [0.1, 0.15) is 36.9 Å². The lowest BCUT2D eigenvalue weighted by atomic mass is 9.91. The standard InChI is InChI=1S/C20H23ClN2O/c1-14-12-17(10-11-22-14)20(24)23-19(15-6-3-2-4-7-15)16-8-5-9-18(21)13-16/h2-9,13-14,17,19,22H,10-12H2,1H3,(H,23,24)/t14-,17-,19?/m0/s1. The molecule has 2 aromatic rings. The van der Waals surface area contributed by atoms with E-state index < -0.39 is 0 Å². The fraction of sp³-hybridized carbons (Fsp3) is 0.350. The van der Waals surface area contributed by atoms with Gasteiger partial charge in [0.05, 0.1) is 6.04 Å². The van der Waals surface area contributed by atoms with Crippen molar-refractivity contribution in [2.45, 2.75) is 31.8 Å². The monoisotopic (exact) mass is 342 g/mol. The second kappa shape index (κ2) is 7.82. The summed E-state index contributed by atoms with van der Waals surface area (Å²) < 4.78 is 0. The van der Waals surface area contributed by atoms with Gasteiger partial charge in [-0.1, -0.05) is 54.1 Å². The van der Waals surface area contributed by atoms with Gasteiger partial charge in [-0.05, 0) is 49.6 Å². The molecule has 24 heavy (non-hydrogen) atoms. The topological polar surface area (TPSA) is 41.1 Å². The Morgan fingerprint density at radius 1 is 1.17 bits per heavy atom. The van der Waals surface area contributed by atoms with E-state index in [-0.39, 0.29) is 17.9 Å². The van der Waals surface area contributed by atoms with E-state index in [1.54, 1.807) is 0 Å². The molecular formula is C20H23ClN2O. The van der Waals surface area contributed by atoms with E-state index in [1.165, 1.54) is 0 Å². The van der Waals surface area contributed by atoms with Gasteiger partial charge in [0.15, 0.2) is 0 Å². The molecule has 1 saturated heterocycles. The van der Waals surface area contributed by atoms with Crippen molar-refractivity contribution in [2.24, 2.45) is 5.92 Å². The van der Waals surface area contributed by atoms with Crippen LogP contribution in [0.2, 0.25) is 5.02 Å². The molecular weight excluding hydrogens is 320 g/mol. The lowest BCUT2D eigenvalue weighted by Gasteiger charge is -2.29. The number of carbonyl (C=O) groups is 1. The number of nitrogens with one attached hydrogen (secondary N) is 2. The fourth-order valence-corrected chi connectivity index (χ4v) is 3.52. The maximum Gasteiger partial charge on any atom is 0.223 e. The Balaban J connectivity index is 1.84. The minimum absolute atomic E-state index is 0.0617. The third-order valence-corrected chi connectivity index (χ3v) is 4.83. The van der Waals surface area contributed by atoms with Crippen molar-refractivity contribution in [1.82, 2.24) is 10.6 Å². The molecule has 0 radical (unpaired) electrons. The number of halogens is 1. The van der Waals surface area contributed by atoms with Gasteiger partial charge in [0.1, 0.15) is 0 Å². The molecule has 1 heterocycles. The van der Waals surface area contributed by atoms with Crippen LogP contribution in [0.5, 0.6) is 0 Å². The average molecular weight is 343 g/mol. The summed E-state index contributed by atoms with van der Waals surface area (Å²) in [6.07, 6.45) is 1.76. The summed E-state index contributed by atoms with van der Waals surface area (Å²) in [4.78, 5) is 12.8. The number of benzene rings is 2. The van der Waals surface area contributed by atoms with Crippen LogP contribution in [0.25, 0.3) is 0 Å². The zero-order chi connectivity index (χ0) is 16.9. The van der Waals surface area contributed by atoms with Crippen molar-refractivity contribution >= 4 is 17.5 Å². The van der Waals surface area contributed by atoms with Crippen LogP contribution in [0.4, 0.5) is 0 Å². The highest BCUT2D eigenvalue weighted by atomic mass is 35.5. The lowest BCUT2D eigenvalue weighted by Crippen LogP contribution is -2.43. The van der Waals surface area contributed by atoms with Gasteiger partial charge >= 0.3 is 0 Å². The molecule has 0 saturated carbocycles. The summed E-state index contributed by atoms with van der Waals surface area (Å²) in [6, 6.07) is 18.0. The molecule has 1 fully saturated rings. The van der Waals surface area contributed by atoms with Crippen LogP contribution >= 0.6 is 11.6 Å². The maximum absolute atomic E-state index is 12.8. The molecule has 0 aliphatic carbocycles. The van der Waals surface area contributed by atoms with Crippen LogP contribution < -0.4 is 10.6 Å². The predicted octanol–water partition coefficient (Wildman–Crippen LogP) is 3.93. The summed E-state index contributed by atoms with van der Waals surface area (Å²) in [5, 5.41) is 7.31. The molecule has 2 N–H and O–H groups in total. The molecule has 1 amide bonds. The number of amides is 1. The quantitative estimate of drug-likeness (QED) is 0.883. The van der Waals surface area contributed by atoms with E-state index in [4.69, 9.17) is 11.6 Å². The van der Waals surface area contributed by atoms with E-state index in [9.17, 15) is 4.79 Å². The summed E-state index contributed by atoms with van der Waals surface area (Å²) in [6.45, 7) is 3.03. The highest BCUT2D eigenvalue weighted by Crippen LogP contribution is 2.26. The maximum atomic E-state index is 12.8. The minimum Gasteiger partial charge on any atom is -0.345 e. The Bertz CT molecular complexity index is 689. The Hall–Kier alpha value is -1.84. The summed E-state index contributed by atoms with van der Waals surface area (Å²) >= 11 is 6.16. The first-order chi connectivity index (χ1) is 11.6. The highest BCUT2D eigenvalue weighted by Gasteiger charge is 2.27. The van der Waals surface area contributed by atoms with E-state index in [1.807, 2.05) is 54.6 Å². The zero-order valence-electron chi connectivity index (χ0n) is 13.8. The number of piperidine rings is 1. The van der Waals surface area contributed by atoms with Gasteiger partial charge in [0.25, 0.3) is 0 Å². The van der Waals surface area contributed by atoms with Gasteiger partial charge in [-0.15, -0.1) is 0 Å². The van der Waals surface area contributed by atoms with E-state index in [2.05, 4.69) is 17.6 Å². The van der Waals surface area contributed by atoms with Crippen LogP contribution in [0, 0.1) is 5.92 Å². The van der Waals surface area contributed by atoms with Crippen LogP contribution in [0.3, 0.4) is 0 Å². The third-order valence-electron chi connectivity index (χ3n) is 4.60. The first kappa shape index (κ1) is 17.0. The predicted molar refractivity (Wildman–Crippen MR) is 98.1 cm³/mol. The first-order valence-corrected chi connectivity index (χ1v) is 8.85. The molecule has 4 heteroatoms. The number of carbonyl (C=O) groups excluding carboxylic acids is 1. The molecule has 3 nitrogen and oxygen atoms in total. The summed E-state index contributed by atoms with van der Waals surface area (Å²) in [5.41, 5.74) is 2.07. The van der Waals surface area contributed by atoms with Gasteiger partial charge in [-0.25, -0.2) is 0 Å². The zero-order valence-corrected chi connectivity index (χ0v) is 14.6. The molecule has 1 aliphatic heterocycles. The van der Waals surface area contributed by atoms with Crippen molar-refractivity contribution in [3.63, 3.8) is 0 Å². The van der Waals surface area contributed by atoms with Crippen LogP contribution in [0.15, 0.2) is 54.6 Å². The second-order valence-electron chi connectivity index (χ2n) is 6.48. The molecule has 2 aromatic carbocycles. The van der Waals surface area contributed by atoms with Gasteiger partial charge in [-0.3, -0.25) is 4.79 Å². The van der Waals surface area contributed by atoms with Gasteiger partial charge in [0.2, 0.25) is 5.91 Å². The molecule has 1 aliphatic rings. The molecule has 0 aromatic heterocycles. The van der Waals surface area contributed by atoms with Crippen molar-refractivity contribution in [3.05, 3.63) is 70.7 Å². The fourth-order valence-electron chi connectivity index (χ4n) is 3.32. The number of hydrogen-bond acceptors (Lipinski definition) is 2. The first-order valence-electron chi connectivity index (χ1n) is 8.47. The van der Waals surface area contributed by atoms with Gasteiger partial charge in [0, 0.05) is 17.0 Å². The van der Waals surface area contributed by atoms with E-state index in [0.29, 0.717) is 11.1 Å². The smallest absolute Gasteiger partial charge is 0.223 e. The average Bonchev–Trinajstić information content (AvgIpc) is 2.60. The Kier molecular flexibility index (Phi) is 5.54. The SMILES string of the molecule is C[C@H]1C[C@@H](C(=O)NC(c2ccccc2)c2cccc(Cl)c2)CCN1. The van der Waals surface area contributed by atoms with Crippen LogP contribution in [-0.2, 0) is 4.79 Å². The summed E-state index contributed by atoms with van der Waals surface area (Å²) in [7, 11) is 0. The minimum atomic E-state index is -0.178. The molecule has 3 atom stereocenters. The van der Waals surface area contributed by atoms with E-state index in [0.717, 1.165) is 30.5 Å². The largest absolute Gasteiger partial charge is 0.345 e. The van der Waals surface area contributed by atoms with Crippen LogP contribution in [-0.4, -0.2) is 18.5 Å². The summed E-state index contributed by atoms with van der Waals surface area (Å²) in [5.74, 6) is 0.184. The molecule has 3 rings (SSSR count). The normalized spacial score (nSPS) is 21.9. The van der Waals surface area contributed by atoms with Gasteiger partial charge in [-0.2, -0.15) is 0 Å². The number of rotatable bonds is 4.